The number of carbonyl (C=O) groups is 1. The second kappa shape index (κ2) is 8.77. The van der Waals surface area contributed by atoms with Crippen molar-refractivity contribution in [3.8, 4) is 0 Å². The zero-order valence-corrected chi connectivity index (χ0v) is 12.5. The maximum atomic E-state index is 11.7. The number of amides is 1. The number of hydrogen-bond acceptors (Lipinski definition) is 4. The molecule has 3 unspecified atom stereocenters. The highest BCUT2D eigenvalue weighted by molar-refractivity contribution is 7.99. The summed E-state index contributed by atoms with van der Waals surface area (Å²) < 4.78 is 4.99. The Labute approximate surface area is 115 Å². The molecule has 0 spiro atoms. The lowest BCUT2D eigenvalue weighted by molar-refractivity contribution is -0.121. The third-order valence-corrected chi connectivity index (χ3v) is 4.52. The zero-order chi connectivity index (χ0) is 13.4. The largest absolute Gasteiger partial charge is 0.383 e. The highest BCUT2D eigenvalue weighted by Crippen LogP contribution is 2.26. The van der Waals surface area contributed by atoms with Crippen molar-refractivity contribution in [2.24, 2.45) is 0 Å². The van der Waals surface area contributed by atoms with Crippen LogP contribution in [0.25, 0.3) is 0 Å². The van der Waals surface area contributed by atoms with Crippen molar-refractivity contribution in [2.45, 2.75) is 49.9 Å². The molecular formula is C13H26N2O2S. The number of methoxy groups -OCH3 is 1. The number of nitrogens with one attached hydrogen (secondary N) is 2. The zero-order valence-electron chi connectivity index (χ0n) is 11.7. The molecule has 2 N–H and O–H groups in total. The van der Waals surface area contributed by atoms with Crippen LogP contribution in [-0.4, -0.2) is 49.8 Å². The quantitative estimate of drug-likeness (QED) is 0.737. The fourth-order valence-electron chi connectivity index (χ4n) is 2.45. The third kappa shape index (κ3) is 5.59. The number of rotatable bonds is 7. The summed E-state index contributed by atoms with van der Waals surface area (Å²) in [4.78, 5) is 11.7. The summed E-state index contributed by atoms with van der Waals surface area (Å²) >= 11 is 1.91. The predicted octanol–water partition coefficient (Wildman–Crippen LogP) is 1.40. The van der Waals surface area contributed by atoms with Crippen LogP contribution in [0.2, 0.25) is 0 Å². The van der Waals surface area contributed by atoms with Crippen molar-refractivity contribution in [2.75, 3.05) is 26.5 Å². The SMILES string of the molecule is COCC(C)NC(=O)CNC1CCCCC1SC. The van der Waals surface area contributed by atoms with E-state index in [0.717, 1.165) is 0 Å². The van der Waals surface area contributed by atoms with E-state index >= 15 is 0 Å². The average Bonchev–Trinajstić information content (AvgIpc) is 2.37. The molecule has 1 aliphatic rings. The standard InChI is InChI=1S/C13H26N2O2S/c1-10(9-17-2)15-13(16)8-14-11-6-4-5-7-12(11)18-3/h10-12,14H,4-9H2,1-3H3,(H,15,16). The van der Waals surface area contributed by atoms with Crippen LogP contribution in [0, 0.1) is 0 Å². The predicted molar refractivity (Wildman–Crippen MR) is 77.0 cm³/mol. The van der Waals surface area contributed by atoms with E-state index in [9.17, 15) is 4.79 Å². The lowest BCUT2D eigenvalue weighted by Crippen LogP contribution is -2.47. The topological polar surface area (TPSA) is 50.4 Å². The number of carbonyl (C=O) groups excluding carboxylic acids is 1. The molecule has 3 atom stereocenters. The maximum absolute atomic E-state index is 11.7. The second-order valence-corrected chi connectivity index (χ2v) is 6.05. The van der Waals surface area contributed by atoms with Crippen LogP contribution < -0.4 is 10.6 Å². The van der Waals surface area contributed by atoms with Gasteiger partial charge in [0.2, 0.25) is 5.91 Å². The number of thioether (sulfide) groups is 1. The summed E-state index contributed by atoms with van der Waals surface area (Å²) in [5.41, 5.74) is 0. The van der Waals surface area contributed by atoms with E-state index in [1.165, 1.54) is 25.7 Å². The van der Waals surface area contributed by atoms with Gasteiger partial charge >= 0.3 is 0 Å². The molecule has 0 aromatic carbocycles. The summed E-state index contributed by atoms with van der Waals surface area (Å²) in [5.74, 6) is 0.0602. The van der Waals surface area contributed by atoms with Gasteiger partial charge in [-0.2, -0.15) is 11.8 Å². The van der Waals surface area contributed by atoms with Crippen molar-refractivity contribution >= 4 is 17.7 Å². The molecule has 1 rings (SSSR count). The molecule has 0 heterocycles. The van der Waals surface area contributed by atoms with E-state index in [2.05, 4.69) is 16.9 Å². The monoisotopic (exact) mass is 274 g/mol. The molecule has 106 valence electrons. The summed E-state index contributed by atoms with van der Waals surface area (Å²) in [7, 11) is 1.64. The molecule has 0 aromatic rings. The molecule has 1 aliphatic carbocycles. The molecule has 1 saturated carbocycles. The fourth-order valence-corrected chi connectivity index (χ4v) is 3.42. The van der Waals surface area contributed by atoms with Crippen LogP contribution in [0.4, 0.5) is 0 Å². The summed E-state index contributed by atoms with van der Waals surface area (Å²) in [6.45, 7) is 2.92. The van der Waals surface area contributed by atoms with Crippen molar-refractivity contribution in [1.82, 2.24) is 10.6 Å². The molecule has 0 saturated heterocycles. The van der Waals surface area contributed by atoms with E-state index in [1.807, 2.05) is 18.7 Å². The second-order valence-electron chi connectivity index (χ2n) is 4.97. The average molecular weight is 274 g/mol. The molecule has 0 aliphatic heterocycles. The smallest absolute Gasteiger partial charge is 0.234 e. The Kier molecular flexibility index (Phi) is 7.70. The minimum Gasteiger partial charge on any atom is -0.383 e. The normalized spacial score (nSPS) is 25.7. The van der Waals surface area contributed by atoms with Gasteiger partial charge in [-0.25, -0.2) is 0 Å². The summed E-state index contributed by atoms with van der Waals surface area (Å²) in [6, 6.07) is 0.559. The summed E-state index contributed by atoms with van der Waals surface area (Å²) in [6.07, 6.45) is 7.20. The van der Waals surface area contributed by atoms with Crippen LogP contribution >= 0.6 is 11.8 Å². The lowest BCUT2D eigenvalue weighted by Gasteiger charge is -2.31. The minimum atomic E-state index is 0.0602. The first kappa shape index (κ1) is 15.8. The van der Waals surface area contributed by atoms with Gasteiger partial charge < -0.3 is 15.4 Å². The molecule has 0 radical (unpaired) electrons. The highest BCUT2D eigenvalue weighted by atomic mass is 32.2. The third-order valence-electron chi connectivity index (χ3n) is 3.35. The molecule has 4 nitrogen and oxygen atoms in total. The van der Waals surface area contributed by atoms with E-state index in [1.54, 1.807) is 7.11 Å². The van der Waals surface area contributed by atoms with Gasteiger partial charge in [-0.1, -0.05) is 12.8 Å². The molecule has 18 heavy (non-hydrogen) atoms. The van der Waals surface area contributed by atoms with Crippen LogP contribution in [0.5, 0.6) is 0 Å². The van der Waals surface area contributed by atoms with Gasteiger partial charge in [0.05, 0.1) is 13.2 Å². The molecule has 0 aromatic heterocycles. The van der Waals surface area contributed by atoms with Gasteiger partial charge in [0.1, 0.15) is 0 Å². The van der Waals surface area contributed by atoms with Gasteiger partial charge in [0.15, 0.2) is 0 Å². The molecule has 5 heteroatoms. The van der Waals surface area contributed by atoms with Crippen LogP contribution in [-0.2, 0) is 9.53 Å². The van der Waals surface area contributed by atoms with Gasteiger partial charge in [0, 0.05) is 24.4 Å². The Bertz CT molecular complexity index is 251. The molecular weight excluding hydrogens is 248 g/mol. The van der Waals surface area contributed by atoms with Crippen molar-refractivity contribution in [3.63, 3.8) is 0 Å². The van der Waals surface area contributed by atoms with Gasteiger partial charge in [0.25, 0.3) is 0 Å². The Morgan fingerprint density at radius 3 is 2.83 bits per heavy atom. The van der Waals surface area contributed by atoms with Crippen LogP contribution in [0.3, 0.4) is 0 Å². The number of ether oxygens (including phenoxy) is 1. The fraction of sp³-hybridized carbons (Fsp3) is 0.923. The maximum Gasteiger partial charge on any atom is 0.234 e. The Balaban J connectivity index is 2.24. The molecule has 0 bridgehead atoms. The minimum absolute atomic E-state index is 0.0602. The van der Waals surface area contributed by atoms with Crippen molar-refractivity contribution in [3.05, 3.63) is 0 Å². The van der Waals surface area contributed by atoms with Gasteiger partial charge in [-0.05, 0) is 26.0 Å². The van der Waals surface area contributed by atoms with Crippen molar-refractivity contribution in [1.29, 1.82) is 0 Å². The van der Waals surface area contributed by atoms with Crippen molar-refractivity contribution < 1.29 is 9.53 Å². The van der Waals surface area contributed by atoms with Gasteiger partial charge in [-0.3, -0.25) is 4.79 Å². The van der Waals surface area contributed by atoms with E-state index in [-0.39, 0.29) is 11.9 Å². The first-order valence-corrected chi connectivity index (χ1v) is 8.00. The van der Waals surface area contributed by atoms with Crippen LogP contribution in [0.15, 0.2) is 0 Å². The van der Waals surface area contributed by atoms with Gasteiger partial charge in [-0.15, -0.1) is 0 Å². The Hall–Kier alpha value is -0.260. The van der Waals surface area contributed by atoms with E-state index < -0.39 is 0 Å². The first-order chi connectivity index (χ1) is 8.67. The highest BCUT2D eigenvalue weighted by Gasteiger charge is 2.24. The van der Waals surface area contributed by atoms with E-state index in [0.29, 0.717) is 24.4 Å². The first-order valence-electron chi connectivity index (χ1n) is 6.71. The molecule has 1 fully saturated rings. The van der Waals surface area contributed by atoms with E-state index in [4.69, 9.17) is 4.74 Å². The molecule has 1 amide bonds. The summed E-state index contributed by atoms with van der Waals surface area (Å²) in [5, 5.41) is 6.97. The number of hydrogen-bond donors (Lipinski definition) is 2. The lowest BCUT2D eigenvalue weighted by atomic mass is 9.95. The van der Waals surface area contributed by atoms with Crippen LogP contribution in [0.1, 0.15) is 32.6 Å². The Morgan fingerprint density at radius 2 is 2.17 bits per heavy atom. The Morgan fingerprint density at radius 1 is 1.44 bits per heavy atom.